The second kappa shape index (κ2) is 4.57. The Morgan fingerprint density at radius 1 is 1.32 bits per heavy atom. The number of furan rings is 1. The number of ether oxygens (including phenoxy) is 1. The molecule has 0 atom stereocenters. The molecular weight excluding hydrogens is 238 g/mol. The van der Waals surface area contributed by atoms with E-state index in [1.807, 2.05) is 13.0 Å². The summed E-state index contributed by atoms with van der Waals surface area (Å²) in [6.45, 7) is 2.69. The second-order valence-electron chi connectivity index (χ2n) is 5.61. The van der Waals surface area contributed by atoms with Gasteiger partial charge < -0.3 is 14.9 Å². The number of methoxy groups -OCH3 is 1. The van der Waals surface area contributed by atoms with E-state index in [-0.39, 0.29) is 5.41 Å². The summed E-state index contributed by atoms with van der Waals surface area (Å²) in [4.78, 5) is 0. The molecular formula is C16H21NO2. The summed E-state index contributed by atoms with van der Waals surface area (Å²) in [6.07, 6.45) is 4.88. The van der Waals surface area contributed by atoms with Gasteiger partial charge in [0, 0.05) is 17.3 Å². The van der Waals surface area contributed by atoms with E-state index in [0.717, 1.165) is 17.1 Å². The van der Waals surface area contributed by atoms with Crippen molar-refractivity contribution in [3.05, 3.63) is 29.5 Å². The maximum atomic E-state index is 6.11. The first-order valence-electron chi connectivity index (χ1n) is 6.98. The zero-order valence-electron chi connectivity index (χ0n) is 11.7. The summed E-state index contributed by atoms with van der Waals surface area (Å²) in [5.41, 5.74) is 8.43. The molecule has 1 aromatic carbocycles. The molecule has 0 saturated heterocycles. The SMILES string of the molecule is COc1ccc(C2(CN)CCCC2)c2cc(C)oc12. The molecule has 0 spiro atoms. The molecule has 102 valence electrons. The standard InChI is InChI=1S/C16H21NO2/c1-11-9-12-13(16(10-17)7-3-4-8-16)5-6-14(18-2)15(12)19-11/h5-6,9H,3-4,7-8,10,17H2,1-2H3. The van der Waals surface area contributed by atoms with Crippen LogP contribution < -0.4 is 10.5 Å². The maximum absolute atomic E-state index is 6.11. The normalized spacial score (nSPS) is 18.1. The Balaban J connectivity index is 2.24. The Bertz CT molecular complexity index is 594. The third-order valence-corrected chi connectivity index (χ3v) is 4.51. The van der Waals surface area contributed by atoms with Crippen molar-refractivity contribution in [1.29, 1.82) is 0 Å². The van der Waals surface area contributed by atoms with Crippen LogP contribution in [0.2, 0.25) is 0 Å². The predicted molar refractivity (Wildman–Crippen MR) is 76.7 cm³/mol. The van der Waals surface area contributed by atoms with Crippen molar-refractivity contribution in [3.63, 3.8) is 0 Å². The summed E-state index contributed by atoms with van der Waals surface area (Å²) in [5.74, 6) is 1.72. The van der Waals surface area contributed by atoms with Gasteiger partial charge >= 0.3 is 0 Å². The number of rotatable bonds is 3. The molecule has 2 aromatic rings. The summed E-state index contributed by atoms with van der Waals surface area (Å²) < 4.78 is 11.2. The van der Waals surface area contributed by atoms with Gasteiger partial charge in [0.05, 0.1) is 7.11 Å². The predicted octanol–water partition coefficient (Wildman–Crippen LogP) is 3.52. The van der Waals surface area contributed by atoms with Crippen molar-refractivity contribution in [3.8, 4) is 5.75 Å². The van der Waals surface area contributed by atoms with E-state index >= 15 is 0 Å². The van der Waals surface area contributed by atoms with E-state index in [1.54, 1.807) is 7.11 Å². The minimum absolute atomic E-state index is 0.126. The van der Waals surface area contributed by atoms with Crippen LogP contribution in [-0.2, 0) is 5.41 Å². The van der Waals surface area contributed by atoms with E-state index in [9.17, 15) is 0 Å². The summed E-state index contributed by atoms with van der Waals surface area (Å²) >= 11 is 0. The van der Waals surface area contributed by atoms with Crippen LogP contribution in [0.1, 0.15) is 37.0 Å². The fourth-order valence-corrected chi connectivity index (χ4v) is 3.48. The van der Waals surface area contributed by atoms with Crippen LogP contribution in [0.15, 0.2) is 22.6 Å². The fourth-order valence-electron chi connectivity index (χ4n) is 3.48. The quantitative estimate of drug-likeness (QED) is 0.917. The fraction of sp³-hybridized carbons (Fsp3) is 0.500. The van der Waals surface area contributed by atoms with Gasteiger partial charge in [0.25, 0.3) is 0 Å². The Kier molecular flexibility index (Phi) is 3.02. The van der Waals surface area contributed by atoms with Crippen molar-refractivity contribution < 1.29 is 9.15 Å². The van der Waals surface area contributed by atoms with Crippen LogP contribution in [-0.4, -0.2) is 13.7 Å². The van der Waals surface area contributed by atoms with Crippen LogP contribution in [0.5, 0.6) is 5.75 Å². The van der Waals surface area contributed by atoms with Crippen LogP contribution in [0.3, 0.4) is 0 Å². The summed E-state index contributed by atoms with van der Waals surface area (Å²) in [7, 11) is 1.68. The average Bonchev–Trinajstić information content (AvgIpc) is 3.03. The molecule has 19 heavy (non-hydrogen) atoms. The Hall–Kier alpha value is -1.48. The third kappa shape index (κ3) is 1.84. The van der Waals surface area contributed by atoms with Crippen LogP contribution in [0.25, 0.3) is 11.0 Å². The van der Waals surface area contributed by atoms with Crippen molar-refractivity contribution in [2.75, 3.05) is 13.7 Å². The van der Waals surface area contributed by atoms with Gasteiger partial charge in [0.15, 0.2) is 11.3 Å². The molecule has 1 aromatic heterocycles. The molecule has 3 rings (SSSR count). The lowest BCUT2D eigenvalue weighted by atomic mass is 9.77. The third-order valence-electron chi connectivity index (χ3n) is 4.51. The van der Waals surface area contributed by atoms with Gasteiger partial charge in [-0.3, -0.25) is 0 Å². The zero-order chi connectivity index (χ0) is 13.5. The van der Waals surface area contributed by atoms with Gasteiger partial charge in [-0.25, -0.2) is 0 Å². The molecule has 0 aliphatic heterocycles. The molecule has 3 heteroatoms. The molecule has 0 bridgehead atoms. The number of fused-ring (bicyclic) bond motifs is 1. The van der Waals surface area contributed by atoms with Gasteiger partial charge in [0.1, 0.15) is 5.76 Å². The monoisotopic (exact) mass is 259 g/mol. The van der Waals surface area contributed by atoms with E-state index in [2.05, 4.69) is 12.1 Å². The zero-order valence-corrected chi connectivity index (χ0v) is 11.7. The van der Waals surface area contributed by atoms with Crippen molar-refractivity contribution in [2.24, 2.45) is 5.73 Å². The van der Waals surface area contributed by atoms with E-state index in [1.165, 1.54) is 36.6 Å². The lowest BCUT2D eigenvalue weighted by Crippen LogP contribution is -2.32. The molecule has 1 saturated carbocycles. The number of benzene rings is 1. The van der Waals surface area contributed by atoms with E-state index < -0.39 is 0 Å². The molecule has 1 aliphatic rings. The minimum Gasteiger partial charge on any atom is -0.493 e. The highest BCUT2D eigenvalue weighted by Crippen LogP contribution is 2.45. The maximum Gasteiger partial charge on any atom is 0.176 e. The lowest BCUT2D eigenvalue weighted by molar-refractivity contribution is 0.407. The molecule has 0 unspecified atom stereocenters. The number of hydrogen-bond donors (Lipinski definition) is 1. The van der Waals surface area contributed by atoms with Gasteiger partial charge in [-0.1, -0.05) is 18.9 Å². The first-order chi connectivity index (χ1) is 9.20. The average molecular weight is 259 g/mol. The largest absolute Gasteiger partial charge is 0.493 e. The Morgan fingerprint density at radius 3 is 2.68 bits per heavy atom. The number of hydrogen-bond acceptors (Lipinski definition) is 3. The summed E-state index contributed by atoms with van der Waals surface area (Å²) in [5, 5.41) is 1.17. The molecule has 0 amide bonds. The van der Waals surface area contributed by atoms with Gasteiger partial charge in [0.2, 0.25) is 0 Å². The number of aryl methyl sites for hydroxylation is 1. The molecule has 0 radical (unpaired) electrons. The highest BCUT2D eigenvalue weighted by atomic mass is 16.5. The highest BCUT2D eigenvalue weighted by molar-refractivity contribution is 5.88. The molecule has 1 fully saturated rings. The second-order valence-corrected chi connectivity index (χ2v) is 5.61. The van der Waals surface area contributed by atoms with Crippen molar-refractivity contribution in [2.45, 2.75) is 38.0 Å². The summed E-state index contributed by atoms with van der Waals surface area (Å²) in [6, 6.07) is 6.30. The van der Waals surface area contributed by atoms with Crippen molar-refractivity contribution >= 4 is 11.0 Å². The Labute approximate surface area is 113 Å². The highest BCUT2D eigenvalue weighted by Gasteiger charge is 2.36. The Morgan fingerprint density at radius 2 is 2.05 bits per heavy atom. The van der Waals surface area contributed by atoms with Crippen molar-refractivity contribution in [1.82, 2.24) is 0 Å². The van der Waals surface area contributed by atoms with Crippen LogP contribution in [0, 0.1) is 6.92 Å². The van der Waals surface area contributed by atoms with Gasteiger partial charge in [-0.2, -0.15) is 0 Å². The first-order valence-corrected chi connectivity index (χ1v) is 6.98. The minimum atomic E-state index is 0.126. The molecule has 2 N–H and O–H groups in total. The topological polar surface area (TPSA) is 48.4 Å². The van der Waals surface area contributed by atoms with Gasteiger partial charge in [-0.05, 0) is 37.5 Å². The molecule has 3 nitrogen and oxygen atoms in total. The van der Waals surface area contributed by atoms with Gasteiger partial charge in [-0.15, -0.1) is 0 Å². The van der Waals surface area contributed by atoms with E-state index in [4.69, 9.17) is 14.9 Å². The molecule has 1 heterocycles. The van der Waals surface area contributed by atoms with Crippen LogP contribution >= 0.6 is 0 Å². The number of nitrogens with two attached hydrogens (primary N) is 1. The smallest absolute Gasteiger partial charge is 0.176 e. The first kappa shape index (κ1) is 12.5. The van der Waals surface area contributed by atoms with Crippen LogP contribution in [0.4, 0.5) is 0 Å². The lowest BCUT2D eigenvalue weighted by Gasteiger charge is -2.28. The van der Waals surface area contributed by atoms with E-state index in [0.29, 0.717) is 6.54 Å². The molecule has 1 aliphatic carbocycles.